The first-order valence-corrected chi connectivity index (χ1v) is 12.4. The standard InChI is InChI=1S/C26H27IN2O4S/c1-30-22-6-4-5-7-23(22)33-16-21-20-15-25(32-3)24(31-2)14-17(20)12-13-29(21)26(34)28-19-10-8-18(27)9-11-19/h4-11,14-15,21H,12-13,16H2,1-3H3,(H,28,34). The highest BCUT2D eigenvalue weighted by Crippen LogP contribution is 2.39. The first kappa shape index (κ1) is 24.4. The van der Waals surface area contributed by atoms with E-state index in [9.17, 15) is 0 Å². The van der Waals surface area contributed by atoms with Crippen LogP contribution in [0.1, 0.15) is 17.2 Å². The van der Waals surface area contributed by atoms with Crippen LogP contribution in [0.3, 0.4) is 0 Å². The highest BCUT2D eigenvalue weighted by Gasteiger charge is 2.31. The van der Waals surface area contributed by atoms with Crippen LogP contribution in [0.4, 0.5) is 5.69 Å². The van der Waals surface area contributed by atoms with Crippen LogP contribution in [0.2, 0.25) is 0 Å². The van der Waals surface area contributed by atoms with Crippen molar-refractivity contribution in [3.8, 4) is 23.0 Å². The fourth-order valence-electron chi connectivity index (χ4n) is 4.09. The second-order valence-electron chi connectivity index (χ2n) is 7.76. The van der Waals surface area contributed by atoms with Gasteiger partial charge in [0.05, 0.1) is 27.4 Å². The molecule has 0 saturated heterocycles. The van der Waals surface area contributed by atoms with E-state index >= 15 is 0 Å². The maximum absolute atomic E-state index is 6.27. The van der Waals surface area contributed by atoms with Crippen molar-refractivity contribution in [2.24, 2.45) is 0 Å². The lowest BCUT2D eigenvalue weighted by atomic mass is 9.92. The average molecular weight is 590 g/mol. The van der Waals surface area contributed by atoms with Crippen LogP contribution >= 0.6 is 34.8 Å². The molecule has 6 nitrogen and oxygen atoms in total. The lowest BCUT2D eigenvalue weighted by molar-refractivity contribution is 0.185. The molecular weight excluding hydrogens is 563 g/mol. The van der Waals surface area contributed by atoms with E-state index in [1.54, 1.807) is 21.3 Å². The van der Waals surface area contributed by atoms with Gasteiger partial charge < -0.3 is 29.2 Å². The summed E-state index contributed by atoms with van der Waals surface area (Å²) in [5, 5.41) is 4.04. The Morgan fingerprint density at radius 3 is 2.26 bits per heavy atom. The number of halogens is 1. The van der Waals surface area contributed by atoms with Gasteiger partial charge in [-0.15, -0.1) is 0 Å². The minimum atomic E-state index is -0.127. The van der Waals surface area contributed by atoms with Crippen LogP contribution < -0.4 is 24.3 Å². The summed E-state index contributed by atoms with van der Waals surface area (Å²) in [6, 6.07) is 19.8. The molecule has 34 heavy (non-hydrogen) atoms. The number of thiocarbonyl (C=S) groups is 1. The molecule has 0 aromatic heterocycles. The molecule has 0 amide bonds. The number of anilines is 1. The van der Waals surface area contributed by atoms with Crippen molar-refractivity contribution in [1.29, 1.82) is 0 Å². The van der Waals surface area contributed by atoms with Crippen molar-refractivity contribution < 1.29 is 18.9 Å². The van der Waals surface area contributed by atoms with Crippen molar-refractivity contribution in [3.05, 3.63) is 75.4 Å². The topological polar surface area (TPSA) is 52.2 Å². The third-order valence-corrected chi connectivity index (χ3v) is 6.88. The molecule has 0 bridgehead atoms. The Morgan fingerprint density at radius 2 is 1.59 bits per heavy atom. The van der Waals surface area contributed by atoms with Crippen molar-refractivity contribution in [2.45, 2.75) is 12.5 Å². The zero-order valence-corrected chi connectivity index (χ0v) is 22.3. The molecule has 3 aromatic carbocycles. The van der Waals surface area contributed by atoms with Crippen LogP contribution in [-0.2, 0) is 6.42 Å². The molecule has 0 radical (unpaired) electrons. The van der Waals surface area contributed by atoms with Gasteiger partial charge in [0.2, 0.25) is 0 Å². The van der Waals surface area contributed by atoms with Crippen LogP contribution in [0.25, 0.3) is 0 Å². The normalized spacial score (nSPS) is 14.7. The molecule has 8 heteroatoms. The first-order chi connectivity index (χ1) is 16.5. The monoisotopic (exact) mass is 590 g/mol. The van der Waals surface area contributed by atoms with Crippen molar-refractivity contribution in [3.63, 3.8) is 0 Å². The largest absolute Gasteiger partial charge is 0.493 e. The van der Waals surface area contributed by atoms with E-state index in [0.29, 0.717) is 29.0 Å². The molecule has 1 heterocycles. The molecule has 178 valence electrons. The van der Waals surface area contributed by atoms with Gasteiger partial charge in [0.15, 0.2) is 28.1 Å². The van der Waals surface area contributed by atoms with E-state index in [1.165, 1.54) is 9.13 Å². The zero-order chi connectivity index (χ0) is 24.1. The van der Waals surface area contributed by atoms with Gasteiger partial charge in [0, 0.05) is 15.8 Å². The van der Waals surface area contributed by atoms with E-state index < -0.39 is 0 Å². The average Bonchev–Trinajstić information content (AvgIpc) is 2.87. The minimum Gasteiger partial charge on any atom is -0.493 e. The van der Waals surface area contributed by atoms with E-state index in [4.69, 9.17) is 31.2 Å². The van der Waals surface area contributed by atoms with Crippen molar-refractivity contribution in [1.82, 2.24) is 4.90 Å². The predicted octanol–water partition coefficient (Wildman–Crippen LogP) is 5.69. The predicted molar refractivity (Wildman–Crippen MR) is 147 cm³/mol. The number of hydrogen-bond donors (Lipinski definition) is 1. The fourth-order valence-corrected chi connectivity index (χ4v) is 4.78. The summed E-state index contributed by atoms with van der Waals surface area (Å²) in [6.45, 7) is 1.13. The third kappa shape index (κ3) is 5.33. The maximum atomic E-state index is 6.27. The van der Waals surface area contributed by atoms with Crippen LogP contribution in [-0.4, -0.2) is 44.5 Å². The molecule has 1 aliphatic heterocycles. The summed E-state index contributed by atoms with van der Waals surface area (Å²) >= 11 is 8.15. The minimum absolute atomic E-state index is 0.127. The van der Waals surface area contributed by atoms with Gasteiger partial charge in [-0.05, 0) is 101 Å². The van der Waals surface area contributed by atoms with Crippen LogP contribution in [0.15, 0.2) is 60.7 Å². The van der Waals surface area contributed by atoms with E-state index in [2.05, 4.69) is 51.0 Å². The molecule has 0 fully saturated rings. The van der Waals surface area contributed by atoms with Crippen LogP contribution in [0.5, 0.6) is 23.0 Å². The number of rotatable bonds is 7. The van der Waals surface area contributed by atoms with Gasteiger partial charge >= 0.3 is 0 Å². The summed E-state index contributed by atoms with van der Waals surface area (Å²) in [7, 11) is 4.94. The summed E-state index contributed by atoms with van der Waals surface area (Å²) in [5.74, 6) is 2.78. The second kappa shape index (κ2) is 11.1. The van der Waals surface area contributed by atoms with Gasteiger partial charge in [-0.3, -0.25) is 0 Å². The lowest BCUT2D eigenvalue weighted by Crippen LogP contribution is -2.44. The van der Waals surface area contributed by atoms with Crippen LogP contribution in [0, 0.1) is 3.57 Å². The number of benzene rings is 3. The molecule has 1 N–H and O–H groups in total. The van der Waals surface area contributed by atoms with E-state index in [-0.39, 0.29) is 6.04 Å². The summed E-state index contributed by atoms with van der Waals surface area (Å²) in [5.41, 5.74) is 3.25. The zero-order valence-electron chi connectivity index (χ0n) is 19.3. The highest BCUT2D eigenvalue weighted by atomic mass is 127. The number of nitrogens with one attached hydrogen (secondary N) is 1. The van der Waals surface area contributed by atoms with Gasteiger partial charge in [-0.1, -0.05) is 12.1 Å². The number of ether oxygens (including phenoxy) is 4. The molecule has 4 rings (SSSR count). The Hall–Kier alpha value is -2.72. The fraction of sp³-hybridized carbons (Fsp3) is 0.269. The third-order valence-electron chi connectivity index (χ3n) is 5.82. The molecule has 0 aliphatic carbocycles. The lowest BCUT2D eigenvalue weighted by Gasteiger charge is -2.39. The molecule has 0 spiro atoms. The highest BCUT2D eigenvalue weighted by molar-refractivity contribution is 14.1. The maximum Gasteiger partial charge on any atom is 0.174 e. The van der Waals surface area contributed by atoms with Gasteiger partial charge in [0.25, 0.3) is 0 Å². The Bertz CT molecular complexity index is 1160. The molecule has 3 aromatic rings. The summed E-state index contributed by atoms with van der Waals surface area (Å²) in [6.07, 6.45) is 0.829. The second-order valence-corrected chi connectivity index (χ2v) is 9.40. The summed E-state index contributed by atoms with van der Waals surface area (Å²) < 4.78 is 24.0. The summed E-state index contributed by atoms with van der Waals surface area (Å²) in [4.78, 5) is 2.18. The van der Waals surface area contributed by atoms with E-state index in [1.807, 2.05) is 42.5 Å². The quantitative estimate of drug-likeness (QED) is 0.280. The molecule has 1 aliphatic rings. The number of hydrogen-bond acceptors (Lipinski definition) is 5. The number of para-hydroxylation sites is 2. The SMILES string of the molecule is COc1cc2c(cc1OC)C(COc1ccccc1OC)N(C(=S)Nc1ccc(I)cc1)CC2. The Labute approximate surface area is 219 Å². The molecule has 0 saturated carbocycles. The molecule has 1 unspecified atom stereocenters. The number of fused-ring (bicyclic) bond motifs is 1. The Kier molecular flexibility index (Phi) is 7.99. The van der Waals surface area contributed by atoms with Gasteiger partial charge in [-0.2, -0.15) is 0 Å². The Morgan fingerprint density at radius 1 is 0.941 bits per heavy atom. The molecular formula is C26H27IN2O4S. The van der Waals surface area contributed by atoms with Gasteiger partial charge in [0.1, 0.15) is 6.61 Å². The van der Waals surface area contributed by atoms with Crippen molar-refractivity contribution in [2.75, 3.05) is 39.8 Å². The van der Waals surface area contributed by atoms with E-state index in [0.717, 1.165) is 30.0 Å². The molecule has 1 atom stereocenters. The Balaban J connectivity index is 1.66. The van der Waals surface area contributed by atoms with Crippen molar-refractivity contribution >= 4 is 45.6 Å². The first-order valence-electron chi connectivity index (χ1n) is 10.9. The smallest absolute Gasteiger partial charge is 0.174 e. The van der Waals surface area contributed by atoms with Gasteiger partial charge in [-0.25, -0.2) is 0 Å². The number of nitrogens with zero attached hydrogens (tertiary/aromatic N) is 1. The number of methoxy groups -OCH3 is 3.